The molecule has 0 bridgehead atoms. The van der Waals surface area contributed by atoms with Crippen molar-refractivity contribution in [1.29, 1.82) is 0 Å². The minimum Gasteiger partial charge on any atom is -0.301 e. The van der Waals surface area contributed by atoms with Gasteiger partial charge in [0.05, 0.1) is 0 Å². The van der Waals surface area contributed by atoms with Crippen molar-refractivity contribution in [2.45, 2.75) is 25.8 Å². The second-order valence-electron chi connectivity index (χ2n) is 3.89. The molecule has 1 aliphatic heterocycles. The first kappa shape index (κ1) is 11.5. The SMILES string of the molecule is CCC1CN(CCCBr)CCN1C. The topological polar surface area (TPSA) is 6.48 Å². The lowest BCUT2D eigenvalue weighted by Gasteiger charge is -2.39. The van der Waals surface area contributed by atoms with Gasteiger partial charge in [-0.2, -0.15) is 0 Å². The Balaban J connectivity index is 2.27. The predicted molar refractivity (Wildman–Crippen MR) is 61.6 cm³/mol. The van der Waals surface area contributed by atoms with Crippen LogP contribution in [0, 0.1) is 0 Å². The fraction of sp³-hybridized carbons (Fsp3) is 1.00. The average molecular weight is 249 g/mol. The molecule has 1 heterocycles. The van der Waals surface area contributed by atoms with Crippen LogP contribution in [0.15, 0.2) is 0 Å². The van der Waals surface area contributed by atoms with E-state index >= 15 is 0 Å². The number of alkyl halides is 1. The summed E-state index contributed by atoms with van der Waals surface area (Å²) in [5, 5.41) is 1.14. The Morgan fingerprint density at radius 1 is 1.38 bits per heavy atom. The molecule has 13 heavy (non-hydrogen) atoms. The van der Waals surface area contributed by atoms with Crippen molar-refractivity contribution in [1.82, 2.24) is 9.80 Å². The van der Waals surface area contributed by atoms with Crippen LogP contribution in [0.3, 0.4) is 0 Å². The largest absolute Gasteiger partial charge is 0.301 e. The van der Waals surface area contributed by atoms with Crippen LogP contribution in [0.5, 0.6) is 0 Å². The molecule has 1 aliphatic rings. The molecule has 78 valence electrons. The number of piperazine rings is 1. The highest BCUT2D eigenvalue weighted by Crippen LogP contribution is 2.10. The maximum absolute atomic E-state index is 3.48. The molecule has 0 aliphatic carbocycles. The summed E-state index contributed by atoms with van der Waals surface area (Å²) in [4.78, 5) is 5.08. The van der Waals surface area contributed by atoms with E-state index in [2.05, 4.69) is 39.7 Å². The van der Waals surface area contributed by atoms with E-state index in [1.54, 1.807) is 0 Å². The van der Waals surface area contributed by atoms with Gasteiger partial charge in [0.1, 0.15) is 0 Å². The number of halogens is 1. The minimum absolute atomic E-state index is 0.782. The normalized spacial score (nSPS) is 26.5. The van der Waals surface area contributed by atoms with Gasteiger partial charge in [-0.3, -0.25) is 0 Å². The molecular weight excluding hydrogens is 228 g/mol. The lowest BCUT2D eigenvalue weighted by Crippen LogP contribution is -2.51. The van der Waals surface area contributed by atoms with Crippen molar-refractivity contribution in [3.05, 3.63) is 0 Å². The highest BCUT2D eigenvalue weighted by molar-refractivity contribution is 9.09. The molecule has 0 saturated carbocycles. The Labute approximate surface area is 90.4 Å². The fourth-order valence-corrected chi connectivity index (χ4v) is 2.19. The second-order valence-corrected chi connectivity index (χ2v) is 4.68. The van der Waals surface area contributed by atoms with Crippen LogP contribution in [0.1, 0.15) is 19.8 Å². The second kappa shape index (κ2) is 5.99. The van der Waals surface area contributed by atoms with Gasteiger partial charge in [-0.25, -0.2) is 0 Å². The maximum Gasteiger partial charge on any atom is 0.0218 e. The lowest BCUT2D eigenvalue weighted by molar-refractivity contribution is 0.0937. The van der Waals surface area contributed by atoms with E-state index in [-0.39, 0.29) is 0 Å². The van der Waals surface area contributed by atoms with Crippen LogP contribution in [-0.4, -0.2) is 54.4 Å². The quantitative estimate of drug-likeness (QED) is 0.701. The summed E-state index contributed by atoms with van der Waals surface area (Å²) in [7, 11) is 2.25. The molecule has 1 rings (SSSR count). The number of likely N-dealkylation sites (N-methyl/N-ethyl adjacent to an activating group) is 1. The van der Waals surface area contributed by atoms with Crippen LogP contribution >= 0.6 is 15.9 Å². The van der Waals surface area contributed by atoms with Gasteiger partial charge in [-0.15, -0.1) is 0 Å². The Kier molecular flexibility index (Phi) is 5.29. The third-order valence-electron chi connectivity index (χ3n) is 2.94. The van der Waals surface area contributed by atoms with E-state index in [0.29, 0.717) is 0 Å². The van der Waals surface area contributed by atoms with Crippen LogP contribution in [0.2, 0.25) is 0 Å². The molecule has 1 fully saturated rings. The molecule has 0 radical (unpaired) electrons. The molecule has 1 unspecified atom stereocenters. The van der Waals surface area contributed by atoms with Crippen molar-refractivity contribution in [2.75, 3.05) is 38.6 Å². The Bertz CT molecular complexity index is 139. The molecule has 1 saturated heterocycles. The van der Waals surface area contributed by atoms with Crippen molar-refractivity contribution in [3.63, 3.8) is 0 Å². The highest BCUT2D eigenvalue weighted by atomic mass is 79.9. The zero-order valence-corrected chi connectivity index (χ0v) is 10.4. The molecule has 0 aromatic carbocycles. The van der Waals surface area contributed by atoms with Crippen LogP contribution < -0.4 is 0 Å². The first-order valence-corrected chi connectivity index (χ1v) is 6.38. The van der Waals surface area contributed by atoms with E-state index in [1.165, 1.54) is 39.0 Å². The Morgan fingerprint density at radius 2 is 2.15 bits per heavy atom. The molecule has 3 heteroatoms. The van der Waals surface area contributed by atoms with Gasteiger partial charge in [0.2, 0.25) is 0 Å². The zero-order valence-electron chi connectivity index (χ0n) is 8.80. The first-order chi connectivity index (χ1) is 6.27. The monoisotopic (exact) mass is 248 g/mol. The van der Waals surface area contributed by atoms with Gasteiger partial charge in [-0.1, -0.05) is 22.9 Å². The first-order valence-electron chi connectivity index (χ1n) is 5.26. The lowest BCUT2D eigenvalue weighted by atomic mass is 10.1. The fourth-order valence-electron chi connectivity index (χ4n) is 1.94. The third-order valence-corrected chi connectivity index (χ3v) is 3.50. The van der Waals surface area contributed by atoms with Crippen LogP contribution in [0.4, 0.5) is 0 Å². The van der Waals surface area contributed by atoms with E-state index in [4.69, 9.17) is 0 Å². The van der Waals surface area contributed by atoms with Crippen LogP contribution in [0.25, 0.3) is 0 Å². The molecule has 0 amide bonds. The molecule has 0 spiro atoms. The standard InChI is InChI=1S/C10H21BrN2/c1-3-10-9-13(6-4-5-11)8-7-12(10)2/h10H,3-9H2,1-2H3. The van der Waals surface area contributed by atoms with E-state index in [9.17, 15) is 0 Å². The van der Waals surface area contributed by atoms with Crippen molar-refractivity contribution < 1.29 is 0 Å². The third kappa shape index (κ3) is 3.56. The molecule has 0 aromatic heterocycles. The van der Waals surface area contributed by atoms with E-state index < -0.39 is 0 Å². The van der Waals surface area contributed by atoms with E-state index in [1.807, 2.05) is 0 Å². The smallest absolute Gasteiger partial charge is 0.0218 e. The molecule has 0 N–H and O–H groups in total. The summed E-state index contributed by atoms with van der Waals surface area (Å²) < 4.78 is 0. The number of rotatable bonds is 4. The summed E-state index contributed by atoms with van der Waals surface area (Å²) in [5.74, 6) is 0. The molecule has 2 nitrogen and oxygen atoms in total. The minimum atomic E-state index is 0.782. The van der Waals surface area contributed by atoms with Crippen molar-refractivity contribution in [3.8, 4) is 0 Å². The van der Waals surface area contributed by atoms with Gasteiger partial charge < -0.3 is 9.80 Å². The summed E-state index contributed by atoms with van der Waals surface area (Å²) in [6.07, 6.45) is 2.56. The van der Waals surface area contributed by atoms with Crippen molar-refractivity contribution in [2.24, 2.45) is 0 Å². The summed E-state index contributed by atoms with van der Waals surface area (Å²) in [5.41, 5.74) is 0. The van der Waals surface area contributed by atoms with Crippen molar-refractivity contribution >= 4 is 15.9 Å². The van der Waals surface area contributed by atoms with Gasteiger partial charge in [0.25, 0.3) is 0 Å². The predicted octanol–water partition coefficient (Wildman–Crippen LogP) is 1.80. The van der Waals surface area contributed by atoms with Gasteiger partial charge in [0, 0.05) is 31.0 Å². The number of hydrogen-bond donors (Lipinski definition) is 0. The highest BCUT2D eigenvalue weighted by Gasteiger charge is 2.21. The number of nitrogens with zero attached hydrogens (tertiary/aromatic N) is 2. The Morgan fingerprint density at radius 3 is 2.77 bits per heavy atom. The van der Waals surface area contributed by atoms with Gasteiger partial charge in [-0.05, 0) is 26.4 Å². The summed E-state index contributed by atoms with van der Waals surface area (Å²) >= 11 is 3.48. The Hall–Kier alpha value is 0.400. The average Bonchev–Trinajstić information content (AvgIpc) is 2.16. The van der Waals surface area contributed by atoms with Crippen LogP contribution in [-0.2, 0) is 0 Å². The zero-order chi connectivity index (χ0) is 9.68. The molecule has 1 atom stereocenters. The number of hydrogen-bond acceptors (Lipinski definition) is 2. The van der Waals surface area contributed by atoms with Gasteiger partial charge in [0.15, 0.2) is 0 Å². The molecular formula is C10H21BrN2. The molecule has 0 aromatic rings. The van der Waals surface area contributed by atoms with Gasteiger partial charge >= 0.3 is 0 Å². The summed E-state index contributed by atoms with van der Waals surface area (Å²) in [6, 6.07) is 0.782. The van der Waals surface area contributed by atoms with E-state index in [0.717, 1.165) is 11.4 Å². The maximum atomic E-state index is 3.48. The summed E-state index contributed by atoms with van der Waals surface area (Å²) in [6.45, 7) is 7.30.